The Labute approximate surface area is 252 Å². The highest BCUT2D eigenvalue weighted by atomic mass is 14.4. The Morgan fingerprint density at radius 2 is 1.40 bits per heavy atom. The molecule has 0 aromatic heterocycles. The van der Waals surface area contributed by atoms with Gasteiger partial charge in [0.2, 0.25) is 0 Å². The van der Waals surface area contributed by atoms with Gasteiger partial charge in [0.15, 0.2) is 0 Å². The van der Waals surface area contributed by atoms with Crippen LogP contribution in [0.1, 0.15) is 172 Å². The van der Waals surface area contributed by atoms with Gasteiger partial charge in [-0.25, -0.2) is 0 Å². The van der Waals surface area contributed by atoms with E-state index >= 15 is 0 Å². The average molecular weight is 551 g/mol. The fraction of sp³-hybridized carbons (Fsp3) is 0.800. The summed E-state index contributed by atoms with van der Waals surface area (Å²) in [6.45, 7) is 24.5. The molecule has 0 aromatic rings. The molecule has 0 bridgehead atoms. The largest absolute Gasteiger partial charge is 0.0736 e. The first kappa shape index (κ1) is 35.2. The molecule has 0 heteroatoms. The lowest BCUT2D eigenvalue weighted by molar-refractivity contribution is 0.0707. The van der Waals surface area contributed by atoms with Crippen LogP contribution in [0.4, 0.5) is 0 Å². The van der Waals surface area contributed by atoms with Crippen LogP contribution in [0.25, 0.3) is 0 Å². The van der Waals surface area contributed by atoms with Crippen molar-refractivity contribution in [1.82, 2.24) is 0 Å². The fourth-order valence-corrected chi connectivity index (χ4v) is 8.15. The average Bonchev–Trinajstić information content (AvgIpc) is 2.85. The normalized spacial score (nSPS) is 25.4. The molecule has 4 atom stereocenters. The highest BCUT2D eigenvalue weighted by Crippen LogP contribution is 2.46. The Hall–Kier alpha value is -1.04. The minimum Gasteiger partial charge on any atom is -0.0736 e. The number of hydrogen-bond donors (Lipinski definition) is 0. The molecule has 2 unspecified atom stereocenters. The van der Waals surface area contributed by atoms with Crippen molar-refractivity contribution < 1.29 is 0 Å². The molecular formula is C40H70. The van der Waals surface area contributed by atoms with Crippen molar-refractivity contribution >= 4 is 0 Å². The van der Waals surface area contributed by atoms with Crippen LogP contribution in [0.15, 0.2) is 46.6 Å². The lowest BCUT2D eigenvalue weighted by Crippen LogP contribution is -2.33. The second-order valence-corrected chi connectivity index (χ2v) is 16.0. The molecule has 2 aliphatic carbocycles. The fourth-order valence-electron chi connectivity index (χ4n) is 8.15. The van der Waals surface area contributed by atoms with E-state index in [0.717, 1.165) is 23.7 Å². The minimum absolute atomic E-state index is 0.434. The number of hydrogen-bond acceptors (Lipinski definition) is 0. The smallest absolute Gasteiger partial charge is 0.0142 e. The summed E-state index contributed by atoms with van der Waals surface area (Å²) in [7, 11) is 0. The second-order valence-electron chi connectivity index (χ2n) is 16.0. The van der Waals surface area contributed by atoms with Crippen molar-refractivity contribution in [2.45, 2.75) is 172 Å². The van der Waals surface area contributed by atoms with Gasteiger partial charge in [-0.05, 0) is 126 Å². The topological polar surface area (TPSA) is 0 Å². The highest BCUT2D eigenvalue weighted by Gasteiger charge is 2.36. The Kier molecular flexibility index (Phi) is 15.1. The van der Waals surface area contributed by atoms with Gasteiger partial charge in [-0.3, -0.25) is 0 Å². The van der Waals surface area contributed by atoms with Crippen LogP contribution < -0.4 is 0 Å². The van der Waals surface area contributed by atoms with E-state index in [1.165, 1.54) is 114 Å². The minimum atomic E-state index is 0.434. The van der Waals surface area contributed by atoms with Gasteiger partial charge in [0.05, 0.1) is 0 Å². The van der Waals surface area contributed by atoms with Crippen LogP contribution in [-0.2, 0) is 0 Å². The van der Waals surface area contributed by atoms with Gasteiger partial charge in [-0.2, -0.15) is 0 Å². The molecule has 2 rings (SSSR count). The summed E-state index contributed by atoms with van der Waals surface area (Å²) in [6.07, 6.45) is 31.0. The van der Waals surface area contributed by atoms with Gasteiger partial charge in [0, 0.05) is 0 Å². The summed E-state index contributed by atoms with van der Waals surface area (Å²) in [5, 5.41) is 0. The lowest BCUT2D eigenvalue weighted by atomic mass is 9.62. The van der Waals surface area contributed by atoms with Crippen LogP contribution in [-0.4, -0.2) is 0 Å². The molecule has 1 saturated carbocycles. The molecule has 0 aliphatic heterocycles. The SMILES string of the molecule is CC1=C(CCC(C)CCC/C(C)=C/C=C/C=C(\C)CCCC(C)CC[C@H]2[C@H](C)CCCC2(C)C)C(C)(C)CCC1. The van der Waals surface area contributed by atoms with Gasteiger partial charge in [0.25, 0.3) is 0 Å². The maximum atomic E-state index is 2.52. The van der Waals surface area contributed by atoms with Crippen molar-refractivity contribution in [2.75, 3.05) is 0 Å². The molecule has 0 N–H and O–H groups in total. The predicted molar refractivity (Wildman–Crippen MR) is 182 cm³/mol. The molecule has 2 aliphatic rings. The second kappa shape index (κ2) is 17.2. The Morgan fingerprint density at radius 3 is 1.95 bits per heavy atom. The van der Waals surface area contributed by atoms with E-state index in [-0.39, 0.29) is 0 Å². The molecule has 0 aromatic carbocycles. The van der Waals surface area contributed by atoms with Crippen molar-refractivity contribution in [1.29, 1.82) is 0 Å². The Bertz CT molecular complexity index is 856. The summed E-state index contributed by atoms with van der Waals surface area (Å²) in [4.78, 5) is 0. The lowest BCUT2D eigenvalue weighted by Gasteiger charge is -2.43. The van der Waals surface area contributed by atoms with E-state index in [9.17, 15) is 0 Å². The van der Waals surface area contributed by atoms with Crippen LogP contribution in [0.3, 0.4) is 0 Å². The summed E-state index contributed by atoms with van der Waals surface area (Å²) in [6, 6.07) is 0. The number of rotatable bonds is 16. The summed E-state index contributed by atoms with van der Waals surface area (Å²) in [5.41, 5.74) is 7.50. The third-order valence-corrected chi connectivity index (χ3v) is 11.1. The zero-order valence-electron chi connectivity index (χ0n) is 28.9. The molecule has 230 valence electrons. The monoisotopic (exact) mass is 551 g/mol. The van der Waals surface area contributed by atoms with Gasteiger partial charge >= 0.3 is 0 Å². The van der Waals surface area contributed by atoms with E-state index in [4.69, 9.17) is 0 Å². The Balaban J connectivity index is 1.60. The highest BCUT2D eigenvalue weighted by molar-refractivity contribution is 5.22. The summed E-state index contributed by atoms with van der Waals surface area (Å²) < 4.78 is 0. The van der Waals surface area contributed by atoms with Crippen LogP contribution in [0, 0.1) is 34.5 Å². The molecular weight excluding hydrogens is 480 g/mol. The van der Waals surface area contributed by atoms with Gasteiger partial charge < -0.3 is 0 Å². The van der Waals surface area contributed by atoms with Gasteiger partial charge in [-0.15, -0.1) is 0 Å². The molecule has 40 heavy (non-hydrogen) atoms. The molecule has 1 fully saturated rings. The van der Waals surface area contributed by atoms with Crippen LogP contribution in [0.2, 0.25) is 0 Å². The maximum Gasteiger partial charge on any atom is -0.0142 e. The van der Waals surface area contributed by atoms with Gasteiger partial charge in [-0.1, -0.05) is 127 Å². The van der Waals surface area contributed by atoms with E-state index < -0.39 is 0 Å². The summed E-state index contributed by atoms with van der Waals surface area (Å²) >= 11 is 0. The number of allylic oxidation sites excluding steroid dienone is 8. The molecule has 0 heterocycles. The Morgan fingerprint density at radius 1 is 0.825 bits per heavy atom. The van der Waals surface area contributed by atoms with E-state index in [2.05, 4.69) is 93.5 Å². The first-order chi connectivity index (χ1) is 18.8. The molecule has 0 radical (unpaired) electrons. The first-order valence-electron chi connectivity index (χ1n) is 17.5. The third kappa shape index (κ3) is 12.4. The van der Waals surface area contributed by atoms with E-state index in [1.54, 1.807) is 11.1 Å². The summed E-state index contributed by atoms with van der Waals surface area (Å²) in [5.74, 6) is 3.54. The molecule has 0 nitrogen and oxygen atoms in total. The van der Waals surface area contributed by atoms with E-state index in [1.807, 2.05) is 0 Å². The standard InChI is InChI=1S/C40H70/c1-31(19-13-21-33(3)25-27-37-35(5)23-15-29-39(37,7)8)17-11-12-18-32(2)20-14-22-34(4)26-28-38-36(6)24-16-30-40(38,9)10/h11-12,17-18,33-35,37H,13-16,19-30H2,1-10H3/b12-11+,31-17+,32-18+/t33?,34?,35-,37+/m1/s1. The van der Waals surface area contributed by atoms with Crippen molar-refractivity contribution in [3.8, 4) is 0 Å². The zero-order valence-corrected chi connectivity index (χ0v) is 28.9. The third-order valence-electron chi connectivity index (χ3n) is 11.1. The molecule has 0 spiro atoms. The van der Waals surface area contributed by atoms with Gasteiger partial charge in [0.1, 0.15) is 0 Å². The predicted octanol–water partition coefficient (Wildman–Crippen LogP) is 13.6. The van der Waals surface area contributed by atoms with Crippen molar-refractivity contribution in [3.05, 3.63) is 46.6 Å². The first-order valence-corrected chi connectivity index (χ1v) is 17.5. The zero-order chi connectivity index (χ0) is 29.8. The van der Waals surface area contributed by atoms with Crippen LogP contribution in [0.5, 0.6) is 0 Å². The maximum absolute atomic E-state index is 2.52. The van der Waals surface area contributed by atoms with Crippen LogP contribution >= 0.6 is 0 Å². The molecule has 0 saturated heterocycles. The van der Waals surface area contributed by atoms with Crippen molar-refractivity contribution in [2.24, 2.45) is 34.5 Å². The van der Waals surface area contributed by atoms with E-state index in [0.29, 0.717) is 10.8 Å². The molecule has 0 amide bonds. The quantitative estimate of drug-likeness (QED) is 0.132. The van der Waals surface area contributed by atoms with Crippen molar-refractivity contribution in [3.63, 3.8) is 0 Å².